The highest BCUT2D eigenvalue weighted by molar-refractivity contribution is 7.13. The van der Waals surface area contributed by atoms with Crippen LogP contribution >= 0.6 is 11.3 Å². The lowest BCUT2D eigenvalue weighted by Gasteiger charge is -2.18. The van der Waals surface area contributed by atoms with E-state index in [9.17, 15) is 14.0 Å². The molecule has 3 aromatic rings. The van der Waals surface area contributed by atoms with E-state index >= 15 is 0 Å². The standard InChI is InChI=1S/C22H22FN3O2S/c1-3-26(4-2)22(28)16-7-11-18(12-8-16)24-20(27)13-19-14-29-21(25-19)15-5-9-17(23)10-6-15/h5-12,14H,3-4,13H2,1-2H3,(H,24,27). The van der Waals surface area contributed by atoms with Gasteiger partial charge >= 0.3 is 0 Å². The number of nitrogens with one attached hydrogen (secondary N) is 1. The zero-order valence-electron chi connectivity index (χ0n) is 16.3. The molecule has 0 spiro atoms. The molecule has 0 fully saturated rings. The average Bonchev–Trinajstić information content (AvgIpc) is 3.18. The molecule has 0 unspecified atom stereocenters. The van der Waals surface area contributed by atoms with Gasteiger partial charge in [-0.3, -0.25) is 9.59 Å². The average molecular weight is 412 g/mol. The molecule has 5 nitrogen and oxygen atoms in total. The number of rotatable bonds is 7. The van der Waals surface area contributed by atoms with Gasteiger partial charge in [-0.05, 0) is 62.4 Å². The van der Waals surface area contributed by atoms with Crippen molar-refractivity contribution in [3.05, 3.63) is 71.0 Å². The van der Waals surface area contributed by atoms with Crippen molar-refractivity contribution in [2.75, 3.05) is 18.4 Å². The first-order chi connectivity index (χ1) is 14.0. The van der Waals surface area contributed by atoms with E-state index in [1.54, 1.807) is 41.3 Å². The van der Waals surface area contributed by atoms with E-state index in [0.717, 1.165) is 10.6 Å². The number of amides is 2. The van der Waals surface area contributed by atoms with E-state index in [0.29, 0.717) is 30.0 Å². The highest BCUT2D eigenvalue weighted by atomic mass is 32.1. The van der Waals surface area contributed by atoms with Gasteiger partial charge < -0.3 is 10.2 Å². The molecule has 0 saturated carbocycles. The van der Waals surface area contributed by atoms with Gasteiger partial charge in [0.05, 0.1) is 12.1 Å². The Balaban J connectivity index is 1.60. The highest BCUT2D eigenvalue weighted by Gasteiger charge is 2.13. The maximum atomic E-state index is 13.0. The van der Waals surface area contributed by atoms with Crippen LogP contribution in [0.1, 0.15) is 29.9 Å². The molecule has 29 heavy (non-hydrogen) atoms. The van der Waals surface area contributed by atoms with Crippen LogP contribution in [-0.2, 0) is 11.2 Å². The molecule has 0 aliphatic carbocycles. The maximum absolute atomic E-state index is 13.0. The van der Waals surface area contributed by atoms with Crippen LogP contribution in [0, 0.1) is 5.82 Å². The quantitative estimate of drug-likeness (QED) is 0.617. The third-order valence-corrected chi connectivity index (χ3v) is 5.39. The van der Waals surface area contributed by atoms with Crippen LogP contribution in [0.5, 0.6) is 0 Å². The molecule has 3 rings (SSSR count). The van der Waals surface area contributed by atoms with E-state index in [4.69, 9.17) is 0 Å². The topological polar surface area (TPSA) is 62.3 Å². The smallest absolute Gasteiger partial charge is 0.253 e. The number of hydrogen-bond acceptors (Lipinski definition) is 4. The zero-order valence-corrected chi connectivity index (χ0v) is 17.1. The van der Waals surface area contributed by atoms with Crippen molar-refractivity contribution < 1.29 is 14.0 Å². The molecular weight excluding hydrogens is 389 g/mol. The molecule has 0 bridgehead atoms. The molecule has 0 atom stereocenters. The molecule has 2 amide bonds. The van der Waals surface area contributed by atoms with Crippen molar-refractivity contribution in [2.24, 2.45) is 0 Å². The summed E-state index contributed by atoms with van der Waals surface area (Å²) in [7, 11) is 0. The Morgan fingerprint density at radius 3 is 2.31 bits per heavy atom. The van der Waals surface area contributed by atoms with Crippen LogP contribution in [-0.4, -0.2) is 34.8 Å². The number of anilines is 1. The van der Waals surface area contributed by atoms with E-state index < -0.39 is 0 Å². The number of thiazole rings is 1. The number of aromatic nitrogens is 1. The number of halogens is 1. The van der Waals surface area contributed by atoms with Crippen molar-refractivity contribution in [1.29, 1.82) is 0 Å². The Bertz CT molecular complexity index is 980. The van der Waals surface area contributed by atoms with Gasteiger partial charge in [0.25, 0.3) is 5.91 Å². The minimum atomic E-state index is -0.297. The minimum absolute atomic E-state index is 0.0244. The second-order valence-corrected chi connectivity index (χ2v) is 7.29. The normalized spacial score (nSPS) is 10.6. The molecule has 0 radical (unpaired) electrons. The van der Waals surface area contributed by atoms with Crippen LogP contribution < -0.4 is 5.32 Å². The predicted molar refractivity (Wildman–Crippen MR) is 114 cm³/mol. The lowest BCUT2D eigenvalue weighted by molar-refractivity contribution is -0.115. The lowest BCUT2D eigenvalue weighted by Crippen LogP contribution is -2.30. The molecule has 1 heterocycles. The first kappa shape index (κ1) is 20.7. The van der Waals surface area contributed by atoms with Crippen LogP contribution in [0.25, 0.3) is 10.6 Å². The Kier molecular flexibility index (Phi) is 6.72. The largest absolute Gasteiger partial charge is 0.339 e. The number of nitrogens with zero attached hydrogens (tertiary/aromatic N) is 2. The number of carbonyl (C=O) groups excluding carboxylic acids is 2. The number of benzene rings is 2. The van der Waals surface area contributed by atoms with Crippen molar-refractivity contribution in [1.82, 2.24) is 9.88 Å². The first-order valence-electron chi connectivity index (χ1n) is 9.39. The van der Waals surface area contributed by atoms with E-state index in [-0.39, 0.29) is 24.1 Å². The second-order valence-electron chi connectivity index (χ2n) is 6.43. The van der Waals surface area contributed by atoms with Gasteiger partial charge in [-0.2, -0.15) is 0 Å². The van der Waals surface area contributed by atoms with Gasteiger partial charge in [-0.15, -0.1) is 11.3 Å². The fourth-order valence-electron chi connectivity index (χ4n) is 2.87. The van der Waals surface area contributed by atoms with Crippen LogP contribution in [0.2, 0.25) is 0 Å². The molecule has 0 aliphatic rings. The first-order valence-corrected chi connectivity index (χ1v) is 10.3. The number of hydrogen-bond donors (Lipinski definition) is 1. The van der Waals surface area contributed by atoms with Crippen LogP contribution in [0.3, 0.4) is 0 Å². The summed E-state index contributed by atoms with van der Waals surface area (Å²) < 4.78 is 13.0. The molecule has 7 heteroatoms. The molecule has 2 aromatic carbocycles. The molecule has 1 N–H and O–H groups in total. The van der Waals surface area contributed by atoms with Gasteiger partial charge in [0.15, 0.2) is 0 Å². The van der Waals surface area contributed by atoms with Crippen molar-refractivity contribution >= 4 is 28.8 Å². The van der Waals surface area contributed by atoms with Gasteiger partial charge in [0.2, 0.25) is 5.91 Å². The Morgan fingerprint density at radius 1 is 1.03 bits per heavy atom. The zero-order chi connectivity index (χ0) is 20.8. The summed E-state index contributed by atoms with van der Waals surface area (Å²) in [6, 6.07) is 13.0. The summed E-state index contributed by atoms with van der Waals surface area (Å²) >= 11 is 1.41. The molecule has 0 aliphatic heterocycles. The summed E-state index contributed by atoms with van der Waals surface area (Å²) in [5, 5.41) is 5.39. The van der Waals surface area contributed by atoms with Crippen molar-refractivity contribution in [2.45, 2.75) is 20.3 Å². The molecular formula is C22H22FN3O2S. The maximum Gasteiger partial charge on any atom is 0.253 e. The third kappa shape index (κ3) is 5.26. The summed E-state index contributed by atoms with van der Waals surface area (Å²) in [4.78, 5) is 30.8. The summed E-state index contributed by atoms with van der Waals surface area (Å²) in [6.07, 6.45) is 0.137. The van der Waals surface area contributed by atoms with E-state index in [1.807, 2.05) is 19.2 Å². The minimum Gasteiger partial charge on any atom is -0.339 e. The van der Waals surface area contributed by atoms with Crippen LogP contribution in [0.15, 0.2) is 53.9 Å². The van der Waals surface area contributed by atoms with Crippen molar-refractivity contribution in [3.63, 3.8) is 0 Å². The van der Waals surface area contributed by atoms with Gasteiger partial charge in [-0.25, -0.2) is 9.37 Å². The third-order valence-electron chi connectivity index (χ3n) is 4.45. The Labute approximate surface area is 173 Å². The summed E-state index contributed by atoms with van der Waals surface area (Å²) in [6.45, 7) is 5.19. The number of carbonyl (C=O) groups is 2. The van der Waals surface area contributed by atoms with Gasteiger partial charge in [0.1, 0.15) is 10.8 Å². The monoisotopic (exact) mass is 411 g/mol. The summed E-state index contributed by atoms with van der Waals surface area (Å²) in [5.41, 5.74) is 2.69. The van der Waals surface area contributed by atoms with E-state index in [1.165, 1.54) is 23.5 Å². The Morgan fingerprint density at radius 2 is 1.69 bits per heavy atom. The van der Waals surface area contributed by atoms with Crippen molar-refractivity contribution in [3.8, 4) is 10.6 Å². The van der Waals surface area contributed by atoms with Crippen LogP contribution in [0.4, 0.5) is 10.1 Å². The molecule has 0 saturated heterocycles. The Hall–Kier alpha value is -3.06. The molecule has 1 aromatic heterocycles. The highest BCUT2D eigenvalue weighted by Crippen LogP contribution is 2.24. The van der Waals surface area contributed by atoms with E-state index in [2.05, 4.69) is 10.3 Å². The summed E-state index contributed by atoms with van der Waals surface area (Å²) in [5.74, 6) is -0.512. The predicted octanol–water partition coefficient (Wildman–Crippen LogP) is 4.61. The second kappa shape index (κ2) is 9.43. The lowest BCUT2D eigenvalue weighted by atomic mass is 10.1. The molecule has 150 valence electrons. The fourth-order valence-corrected chi connectivity index (χ4v) is 3.70. The van der Waals surface area contributed by atoms with Gasteiger partial charge in [-0.1, -0.05) is 0 Å². The van der Waals surface area contributed by atoms with Gasteiger partial charge in [0, 0.05) is 35.3 Å². The SMILES string of the molecule is CCN(CC)C(=O)c1ccc(NC(=O)Cc2csc(-c3ccc(F)cc3)n2)cc1. The fraction of sp³-hybridized carbons (Fsp3) is 0.227.